The summed E-state index contributed by atoms with van der Waals surface area (Å²) < 4.78 is 1.78. The number of amides is 1. The molecule has 0 aliphatic heterocycles. The molecule has 0 radical (unpaired) electrons. The third-order valence-electron chi connectivity index (χ3n) is 4.83. The summed E-state index contributed by atoms with van der Waals surface area (Å²) in [6.45, 7) is 3.98. The molecular weight excluding hydrogens is 364 g/mol. The summed E-state index contributed by atoms with van der Waals surface area (Å²) in [6.07, 6.45) is 0. The fourth-order valence-electron chi connectivity index (χ4n) is 3.47. The zero-order valence-corrected chi connectivity index (χ0v) is 16.3. The number of carbonyl (C=O) groups is 1. The number of aromatic nitrogens is 1. The molecule has 0 aliphatic carbocycles. The Kier molecular flexibility index (Phi) is 4.99. The fraction of sp³-hybridized carbons (Fsp3) is 0.174. The third-order valence-corrected chi connectivity index (χ3v) is 4.83. The Balaban J connectivity index is 1.51. The van der Waals surface area contributed by atoms with Gasteiger partial charge < -0.3 is 15.0 Å². The molecule has 0 spiro atoms. The summed E-state index contributed by atoms with van der Waals surface area (Å²) in [7, 11) is 0. The van der Waals surface area contributed by atoms with E-state index in [0.717, 1.165) is 27.4 Å². The van der Waals surface area contributed by atoms with Crippen LogP contribution in [0.15, 0.2) is 77.0 Å². The summed E-state index contributed by atoms with van der Waals surface area (Å²) in [5, 5.41) is 24.5. The highest BCUT2D eigenvalue weighted by atomic mass is 16.3. The quantitative estimate of drug-likeness (QED) is 0.425. The van der Waals surface area contributed by atoms with Crippen molar-refractivity contribution in [1.82, 2.24) is 4.57 Å². The standard InChI is InChI=1S/C23H22N4O2/c1-15(2)27-20-10-6-5-9-19(20)22(23(27)29)26-25-21(28)14-24-18-12-11-16-7-3-4-8-17(16)13-18/h3-13,15,24,29H,14H2,1-2H3. The maximum Gasteiger partial charge on any atom is 0.283 e. The smallest absolute Gasteiger partial charge is 0.283 e. The Hall–Kier alpha value is -3.67. The Bertz CT molecular complexity index is 1220. The van der Waals surface area contributed by atoms with Crippen molar-refractivity contribution in [1.29, 1.82) is 0 Å². The van der Waals surface area contributed by atoms with Gasteiger partial charge in [-0.2, -0.15) is 0 Å². The fourth-order valence-corrected chi connectivity index (χ4v) is 3.47. The Morgan fingerprint density at radius 2 is 1.76 bits per heavy atom. The van der Waals surface area contributed by atoms with Gasteiger partial charge >= 0.3 is 0 Å². The van der Waals surface area contributed by atoms with E-state index in [4.69, 9.17) is 0 Å². The molecule has 146 valence electrons. The predicted molar refractivity (Wildman–Crippen MR) is 116 cm³/mol. The van der Waals surface area contributed by atoms with Crippen molar-refractivity contribution < 1.29 is 9.90 Å². The first kappa shape index (κ1) is 18.7. The van der Waals surface area contributed by atoms with E-state index in [1.165, 1.54) is 0 Å². The molecule has 6 heteroatoms. The molecule has 0 bridgehead atoms. The molecule has 4 aromatic rings. The van der Waals surface area contributed by atoms with E-state index >= 15 is 0 Å². The predicted octanol–water partition coefficient (Wildman–Crippen LogP) is 5.80. The van der Waals surface area contributed by atoms with Crippen LogP contribution in [0, 0.1) is 0 Å². The van der Waals surface area contributed by atoms with E-state index in [1.807, 2.05) is 80.6 Å². The first-order valence-corrected chi connectivity index (χ1v) is 9.53. The molecule has 1 aromatic heterocycles. The number of para-hydroxylation sites is 1. The molecule has 3 aromatic carbocycles. The average molecular weight is 386 g/mol. The second-order valence-corrected chi connectivity index (χ2v) is 7.16. The van der Waals surface area contributed by atoms with Gasteiger partial charge in [0, 0.05) is 17.1 Å². The number of carbonyl (C=O) groups excluding carboxylic acids is 1. The molecule has 29 heavy (non-hydrogen) atoms. The van der Waals surface area contributed by atoms with Crippen LogP contribution >= 0.6 is 0 Å². The maximum atomic E-state index is 12.2. The summed E-state index contributed by atoms with van der Waals surface area (Å²) in [5.41, 5.74) is 2.01. The van der Waals surface area contributed by atoms with Crippen LogP contribution < -0.4 is 5.32 Å². The molecule has 2 N–H and O–H groups in total. The van der Waals surface area contributed by atoms with Gasteiger partial charge in [-0.05, 0) is 42.8 Å². The SMILES string of the molecule is CC(C)n1c(O)c(N=NC(=O)CNc2ccc3ccccc3c2)c2ccccc21. The summed E-state index contributed by atoms with van der Waals surface area (Å²) in [4.78, 5) is 12.2. The first-order chi connectivity index (χ1) is 14.0. The summed E-state index contributed by atoms with van der Waals surface area (Å²) in [5.74, 6) is -0.404. The Morgan fingerprint density at radius 3 is 2.55 bits per heavy atom. The zero-order valence-electron chi connectivity index (χ0n) is 16.3. The van der Waals surface area contributed by atoms with E-state index in [1.54, 1.807) is 4.57 Å². The van der Waals surface area contributed by atoms with Crippen LogP contribution in [0.1, 0.15) is 19.9 Å². The van der Waals surface area contributed by atoms with E-state index in [9.17, 15) is 9.90 Å². The van der Waals surface area contributed by atoms with Crippen molar-refractivity contribution in [2.45, 2.75) is 19.9 Å². The maximum absolute atomic E-state index is 12.2. The molecule has 0 saturated heterocycles. The molecule has 1 heterocycles. The lowest BCUT2D eigenvalue weighted by atomic mass is 10.1. The molecule has 6 nitrogen and oxygen atoms in total. The number of aromatic hydroxyl groups is 1. The van der Waals surface area contributed by atoms with Gasteiger partial charge in [-0.1, -0.05) is 48.5 Å². The molecule has 4 rings (SSSR count). The Labute approximate surface area is 168 Å². The number of fused-ring (bicyclic) bond motifs is 2. The van der Waals surface area contributed by atoms with Crippen molar-refractivity contribution in [3.05, 3.63) is 66.7 Å². The number of nitrogens with zero attached hydrogens (tertiary/aromatic N) is 3. The van der Waals surface area contributed by atoms with Gasteiger partial charge in [0.15, 0.2) is 5.69 Å². The molecule has 0 unspecified atom stereocenters. The lowest BCUT2D eigenvalue weighted by Crippen LogP contribution is -2.10. The van der Waals surface area contributed by atoms with Gasteiger partial charge in [0.2, 0.25) is 5.88 Å². The lowest BCUT2D eigenvalue weighted by molar-refractivity contribution is -0.116. The number of anilines is 1. The highest BCUT2D eigenvalue weighted by Gasteiger charge is 2.18. The van der Waals surface area contributed by atoms with Crippen molar-refractivity contribution in [3.8, 4) is 5.88 Å². The molecular formula is C23H22N4O2. The molecule has 0 saturated carbocycles. The van der Waals surface area contributed by atoms with Crippen LogP contribution in [0.2, 0.25) is 0 Å². The number of rotatable bonds is 5. The molecule has 0 atom stereocenters. The minimum absolute atomic E-state index is 0.0141. The van der Waals surface area contributed by atoms with Gasteiger partial charge in [-0.3, -0.25) is 4.79 Å². The average Bonchev–Trinajstić information content (AvgIpc) is 3.02. The third kappa shape index (κ3) is 3.69. The highest BCUT2D eigenvalue weighted by Crippen LogP contribution is 2.40. The van der Waals surface area contributed by atoms with Crippen molar-refractivity contribution >= 4 is 39.0 Å². The van der Waals surface area contributed by atoms with Crippen LogP contribution in [0.25, 0.3) is 21.7 Å². The highest BCUT2D eigenvalue weighted by molar-refractivity contribution is 5.95. The van der Waals surface area contributed by atoms with E-state index in [2.05, 4.69) is 15.5 Å². The van der Waals surface area contributed by atoms with Gasteiger partial charge in [0.05, 0.1) is 12.1 Å². The summed E-state index contributed by atoms with van der Waals surface area (Å²) >= 11 is 0. The lowest BCUT2D eigenvalue weighted by Gasteiger charge is -2.10. The van der Waals surface area contributed by atoms with Crippen molar-refractivity contribution in [2.75, 3.05) is 11.9 Å². The monoisotopic (exact) mass is 386 g/mol. The van der Waals surface area contributed by atoms with Gasteiger partial charge in [0.25, 0.3) is 5.91 Å². The number of nitrogens with one attached hydrogen (secondary N) is 1. The van der Waals surface area contributed by atoms with Crippen LogP contribution in [-0.4, -0.2) is 22.1 Å². The molecule has 0 aliphatic rings. The van der Waals surface area contributed by atoms with Crippen LogP contribution in [0.4, 0.5) is 11.4 Å². The second kappa shape index (κ2) is 7.75. The normalized spacial score (nSPS) is 11.7. The van der Waals surface area contributed by atoms with Gasteiger partial charge in [-0.15, -0.1) is 10.2 Å². The van der Waals surface area contributed by atoms with E-state index < -0.39 is 5.91 Å². The van der Waals surface area contributed by atoms with Gasteiger partial charge in [-0.25, -0.2) is 0 Å². The second-order valence-electron chi connectivity index (χ2n) is 7.16. The van der Waals surface area contributed by atoms with Crippen molar-refractivity contribution in [2.24, 2.45) is 10.2 Å². The van der Waals surface area contributed by atoms with Crippen LogP contribution in [0.5, 0.6) is 5.88 Å². The van der Waals surface area contributed by atoms with E-state index in [-0.39, 0.29) is 18.5 Å². The minimum Gasteiger partial charge on any atom is -0.493 e. The van der Waals surface area contributed by atoms with Crippen LogP contribution in [0.3, 0.4) is 0 Å². The molecule has 0 fully saturated rings. The molecule has 1 amide bonds. The number of hydrogen-bond donors (Lipinski definition) is 2. The largest absolute Gasteiger partial charge is 0.493 e. The topological polar surface area (TPSA) is 79.0 Å². The summed E-state index contributed by atoms with van der Waals surface area (Å²) in [6, 6.07) is 21.5. The Morgan fingerprint density at radius 1 is 1.03 bits per heavy atom. The number of azo groups is 1. The van der Waals surface area contributed by atoms with Crippen LogP contribution in [-0.2, 0) is 4.79 Å². The zero-order chi connectivity index (χ0) is 20.4. The number of hydrogen-bond acceptors (Lipinski definition) is 4. The van der Waals surface area contributed by atoms with Gasteiger partial charge in [0.1, 0.15) is 0 Å². The minimum atomic E-state index is -0.418. The number of benzene rings is 3. The van der Waals surface area contributed by atoms with E-state index in [0.29, 0.717) is 5.69 Å². The van der Waals surface area contributed by atoms with Crippen molar-refractivity contribution in [3.63, 3.8) is 0 Å². The first-order valence-electron chi connectivity index (χ1n) is 9.53.